The van der Waals surface area contributed by atoms with E-state index in [9.17, 15) is 0 Å². The van der Waals surface area contributed by atoms with Crippen LogP contribution in [0.4, 0.5) is 4.70 Å². The fourth-order valence-corrected chi connectivity index (χ4v) is 0. The summed E-state index contributed by atoms with van der Waals surface area (Å²) in [5.41, 5.74) is 0. The van der Waals surface area contributed by atoms with Gasteiger partial charge in [-0.3, -0.25) is 4.70 Å². The van der Waals surface area contributed by atoms with E-state index in [2.05, 4.69) is 0 Å². The van der Waals surface area contributed by atoms with Crippen molar-refractivity contribution in [3.05, 3.63) is 0 Å². The van der Waals surface area contributed by atoms with Gasteiger partial charge in [-0.05, 0) is 0 Å². The summed E-state index contributed by atoms with van der Waals surface area (Å²) in [5, 5.41) is 0. The van der Waals surface area contributed by atoms with Crippen LogP contribution >= 0.6 is 0 Å². The Labute approximate surface area is 128 Å². The van der Waals surface area contributed by atoms with Gasteiger partial charge in [0.2, 0.25) is 0 Å². The number of hydrogen-bond donors (Lipinski definition) is 0. The van der Waals surface area contributed by atoms with Gasteiger partial charge in [0.25, 0.3) is 0 Å². The van der Waals surface area contributed by atoms with E-state index in [4.69, 9.17) is 0 Å². The Morgan fingerprint density at radius 3 is 1.20 bits per heavy atom. The van der Waals surface area contributed by atoms with E-state index in [-0.39, 0.29) is 131 Å². The van der Waals surface area contributed by atoms with E-state index < -0.39 is 0 Å². The zero-order valence-corrected chi connectivity index (χ0v) is 8.51. The average molecular weight is 190 g/mol. The molecule has 5 heavy (non-hydrogen) atoms. The third-order valence-electron chi connectivity index (χ3n) is 0. The predicted octanol–water partition coefficient (Wildman–Crippen LogP) is -4.23. The molecule has 0 aromatic heterocycles. The van der Waals surface area contributed by atoms with Crippen LogP contribution < -0.4 is 18.9 Å². The van der Waals surface area contributed by atoms with Gasteiger partial charge < -0.3 is 7.13 Å². The molecule has 0 saturated heterocycles. The number of halogens is 1. The summed E-state index contributed by atoms with van der Waals surface area (Å²) in [6.45, 7) is 0. The number of hydrogen-bond acceptors (Lipinski definition) is 0. The zero-order valence-electron chi connectivity index (χ0n) is 7.82. The van der Waals surface area contributed by atoms with Crippen molar-refractivity contribution in [3.63, 3.8) is 0 Å². The van der Waals surface area contributed by atoms with Gasteiger partial charge in [-0.25, -0.2) is 0 Å². The van der Waals surface area contributed by atoms with Crippen LogP contribution in [0.3, 0.4) is 0 Å². The van der Waals surface area contributed by atoms with Crippen molar-refractivity contribution in [1.29, 1.82) is 0 Å². The maximum Gasteiger partial charge on any atom is 2.00 e. The van der Waals surface area contributed by atoms with Crippen molar-refractivity contribution >= 4 is 101 Å². The van der Waals surface area contributed by atoms with Crippen LogP contribution in [0.5, 0.6) is 0 Å². The SMILES string of the molecule is F.[AlH3].[Ca+2].[H-].[H-].[H-].[H-].[H-].[Li+].[Sr+2]. The maximum absolute atomic E-state index is 0. The van der Waals surface area contributed by atoms with Crippen molar-refractivity contribution in [2.24, 2.45) is 0 Å². The van der Waals surface area contributed by atoms with E-state index in [1.165, 1.54) is 0 Å². The fraction of sp³-hybridized carbons (Fsp3) is 0. The van der Waals surface area contributed by atoms with Gasteiger partial charge in [-0.1, -0.05) is 0 Å². The van der Waals surface area contributed by atoms with E-state index in [1.807, 2.05) is 0 Å². The molecule has 0 aromatic carbocycles. The Hall–Kier alpha value is 3.80. The largest absolute Gasteiger partial charge is 2.00 e. The Kier molecular flexibility index (Phi) is 185. The molecule has 0 unspecified atom stereocenters. The summed E-state index contributed by atoms with van der Waals surface area (Å²) in [7, 11) is 0. The van der Waals surface area contributed by atoms with Crippen molar-refractivity contribution in [2.45, 2.75) is 0 Å². The summed E-state index contributed by atoms with van der Waals surface area (Å²) < 4.78 is 0. The minimum Gasteiger partial charge on any atom is -1.00 e. The van der Waals surface area contributed by atoms with E-state index >= 15 is 0 Å². The van der Waals surface area contributed by atoms with Crippen LogP contribution in [0.15, 0.2) is 0 Å². The second kappa shape index (κ2) is 25.0. The molecule has 0 rings (SSSR count). The first kappa shape index (κ1) is 37.1. The smallest absolute Gasteiger partial charge is 1.00 e. The molecule has 0 saturated carbocycles. The van der Waals surface area contributed by atoms with Gasteiger partial charge in [0, 0.05) is 0 Å². The van der Waals surface area contributed by atoms with Crippen LogP contribution in [0.1, 0.15) is 7.13 Å². The summed E-state index contributed by atoms with van der Waals surface area (Å²) in [4.78, 5) is 0. The molecule has 24 valence electrons. The van der Waals surface area contributed by atoms with E-state index in [0.717, 1.165) is 0 Å². The van der Waals surface area contributed by atoms with Crippen LogP contribution in [0, 0.1) is 0 Å². The van der Waals surface area contributed by atoms with Crippen molar-refractivity contribution in [3.8, 4) is 0 Å². The summed E-state index contributed by atoms with van der Waals surface area (Å²) >= 11 is 0. The van der Waals surface area contributed by atoms with Gasteiger partial charge in [0.15, 0.2) is 17.4 Å². The minimum absolute atomic E-state index is 0. The second-order valence-corrected chi connectivity index (χ2v) is 0. The van der Waals surface area contributed by atoms with Crippen molar-refractivity contribution in [1.82, 2.24) is 0 Å². The predicted molar refractivity (Wildman–Crippen MR) is 29.5 cm³/mol. The molecule has 0 atom stereocenters. The Morgan fingerprint density at radius 1 is 1.20 bits per heavy atom. The molecule has 0 heterocycles. The average Bonchev–Trinajstić information content (AvgIpc) is 0. The topological polar surface area (TPSA) is 0 Å². The molecule has 0 aliphatic heterocycles. The molecular formula is H9AlCaFLiSr. The zero-order chi connectivity index (χ0) is 0. The molecule has 0 aromatic rings. The Morgan fingerprint density at radius 2 is 1.20 bits per heavy atom. The molecule has 0 N–H and O–H groups in total. The van der Waals surface area contributed by atoms with Gasteiger partial charge in [-0.2, -0.15) is 0 Å². The quantitative estimate of drug-likeness (QED) is 0.339. The molecular weight excluding hydrogens is 181 g/mol. The first-order valence-electron chi connectivity index (χ1n) is 0. The third kappa shape index (κ3) is 18.2. The van der Waals surface area contributed by atoms with Gasteiger partial charge in [0.05, 0.1) is 0 Å². The standard InChI is InChI=1S/Al.Ca.FH.Li.Sr.8H/h;;1H;;;;;;;;;;/q;+2;;+1;+2;;;;5*-1. The monoisotopic (exact) mass is 190 g/mol. The fourth-order valence-electron chi connectivity index (χ4n) is 0. The molecule has 0 fully saturated rings. The minimum atomic E-state index is 0. The van der Waals surface area contributed by atoms with Gasteiger partial charge >= 0.3 is 102 Å². The molecule has 0 aliphatic carbocycles. The van der Waals surface area contributed by atoms with Crippen molar-refractivity contribution in [2.75, 3.05) is 0 Å². The summed E-state index contributed by atoms with van der Waals surface area (Å²) in [6.07, 6.45) is 0. The molecule has 0 bridgehead atoms. The molecule has 5 heteroatoms. The molecule has 0 aliphatic rings. The third-order valence-corrected chi connectivity index (χ3v) is 0. The van der Waals surface area contributed by atoms with Gasteiger partial charge in [0.1, 0.15) is 0 Å². The summed E-state index contributed by atoms with van der Waals surface area (Å²) in [6, 6.07) is 0. The molecule has 0 spiro atoms. The Balaban J connectivity index is 0. The van der Waals surface area contributed by atoms with Crippen molar-refractivity contribution < 1.29 is 30.7 Å². The van der Waals surface area contributed by atoms with Gasteiger partial charge in [-0.15, -0.1) is 0 Å². The van der Waals surface area contributed by atoms with Crippen LogP contribution in [-0.4, -0.2) is 101 Å². The van der Waals surface area contributed by atoms with E-state index in [1.54, 1.807) is 0 Å². The molecule has 0 nitrogen and oxygen atoms in total. The first-order valence-corrected chi connectivity index (χ1v) is 0. The van der Waals surface area contributed by atoms with Crippen LogP contribution in [-0.2, 0) is 0 Å². The molecule has 0 amide bonds. The first-order chi connectivity index (χ1) is 0. The summed E-state index contributed by atoms with van der Waals surface area (Å²) in [5.74, 6) is 0. The maximum atomic E-state index is 0. The molecule has 0 radical (unpaired) electrons. The second-order valence-electron chi connectivity index (χ2n) is 0. The van der Waals surface area contributed by atoms with E-state index in [0.29, 0.717) is 0 Å². The number of rotatable bonds is 0. The Bertz CT molecular complexity index is 21.6. The normalized spacial score (nSPS) is 0. The van der Waals surface area contributed by atoms with Crippen LogP contribution in [0.25, 0.3) is 0 Å². The van der Waals surface area contributed by atoms with Crippen LogP contribution in [0.2, 0.25) is 0 Å².